The molecule has 10 nitrogen and oxygen atoms in total. The van der Waals surface area contributed by atoms with Crippen LogP contribution in [0.2, 0.25) is 0 Å². The molecule has 0 saturated carbocycles. The van der Waals surface area contributed by atoms with E-state index in [-0.39, 0.29) is 83.2 Å². The van der Waals surface area contributed by atoms with Gasteiger partial charge in [0, 0.05) is 36.8 Å². The second-order valence-corrected chi connectivity index (χ2v) is 11.8. The fourth-order valence-electron chi connectivity index (χ4n) is 5.97. The zero-order valence-electron chi connectivity index (χ0n) is 25.4. The van der Waals surface area contributed by atoms with Gasteiger partial charge in [-0.25, -0.2) is 0 Å². The molecule has 10 N–H and O–H groups in total. The van der Waals surface area contributed by atoms with Gasteiger partial charge < -0.3 is 51.1 Å². The summed E-state index contributed by atoms with van der Waals surface area (Å²) in [6, 6.07) is 20.7. The SMILES string of the molecule is Oc1ccc(Cc2cc3c(Cc4ccc(O)c(O)c4)c(O)c(Cc4ccc(O)c(O)c4)cc3c(Cc3ccc(O)c(O)c3)c2O)cc1O. The van der Waals surface area contributed by atoms with E-state index in [9.17, 15) is 51.1 Å². The highest BCUT2D eigenvalue weighted by atomic mass is 16.3. The normalized spacial score (nSPS) is 11.2. The van der Waals surface area contributed by atoms with Crippen molar-refractivity contribution in [2.24, 2.45) is 0 Å². The van der Waals surface area contributed by atoms with Crippen LogP contribution in [0.25, 0.3) is 10.8 Å². The zero-order valence-corrected chi connectivity index (χ0v) is 25.4. The molecular formula is C38H32O10. The van der Waals surface area contributed by atoms with Crippen molar-refractivity contribution >= 4 is 10.8 Å². The van der Waals surface area contributed by atoms with Crippen LogP contribution in [0.3, 0.4) is 0 Å². The van der Waals surface area contributed by atoms with Crippen LogP contribution in [0, 0.1) is 0 Å². The maximum Gasteiger partial charge on any atom is 0.157 e. The van der Waals surface area contributed by atoms with Crippen LogP contribution in [0.15, 0.2) is 84.9 Å². The molecule has 244 valence electrons. The number of aromatic hydroxyl groups is 10. The second-order valence-electron chi connectivity index (χ2n) is 11.8. The molecule has 0 heterocycles. The third-order valence-electron chi connectivity index (χ3n) is 8.47. The van der Waals surface area contributed by atoms with Crippen molar-refractivity contribution in [3.8, 4) is 57.5 Å². The van der Waals surface area contributed by atoms with Gasteiger partial charge in [0.2, 0.25) is 0 Å². The number of hydrogen-bond acceptors (Lipinski definition) is 10. The molecule has 0 aliphatic carbocycles. The van der Waals surface area contributed by atoms with E-state index in [1.807, 2.05) is 0 Å². The predicted octanol–water partition coefficient (Wildman–Crippen LogP) is 6.26. The van der Waals surface area contributed by atoms with Crippen molar-refractivity contribution in [2.75, 3.05) is 0 Å². The molecule has 48 heavy (non-hydrogen) atoms. The molecule has 0 radical (unpaired) electrons. The van der Waals surface area contributed by atoms with Crippen LogP contribution >= 0.6 is 0 Å². The van der Waals surface area contributed by atoms with Crippen LogP contribution in [0.5, 0.6) is 57.5 Å². The van der Waals surface area contributed by atoms with E-state index in [4.69, 9.17) is 0 Å². The Morgan fingerprint density at radius 1 is 0.292 bits per heavy atom. The molecule has 0 spiro atoms. The second kappa shape index (κ2) is 12.4. The van der Waals surface area contributed by atoms with E-state index in [0.717, 1.165) is 0 Å². The fourth-order valence-corrected chi connectivity index (χ4v) is 5.97. The predicted molar refractivity (Wildman–Crippen MR) is 178 cm³/mol. The lowest BCUT2D eigenvalue weighted by atomic mass is 9.86. The van der Waals surface area contributed by atoms with Crippen molar-refractivity contribution in [3.63, 3.8) is 0 Å². The summed E-state index contributed by atoms with van der Waals surface area (Å²) in [6.45, 7) is 0. The van der Waals surface area contributed by atoms with Crippen LogP contribution in [0.1, 0.15) is 44.5 Å². The minimum Gasteiger partial charge on any atom is -0.507 e. The van der Waals surface area contributed by atoms with Crippen LogP contribution in [-0.4, -0.2) is 51.1 Å². The summed E-state index contributed by atoms with van der Waals surface area (Å²) in [5.41, 5.74) is 3.98. The number of benzene rings is 6. The first-order valence-electron chi connectivity index (χ1n) is 14.9. The molecule has 0 saturated heterocycles. The Labute approximate surface area is 274 Å². The van der Waals surface area contributed by atoms with Gasteiger partial charge in [-0.1, -0.05) is 24.3 Å². The molecular weight excluding hydrogens is 616 g/mol. The Balaban J connectivity index is 1.61. The van der Waals surface area contributed by atoms with Gasteiger partial charge >= 0.3 is 0 Å². The molecule has 0 unspecified atom stereocenters. The number of rotatable bonds is 8. The maximum atomic E-state index is 11.8. The molecule has 10 heteroatoms. The Bertz CT molecular complexity index is 2050. The Kier molecular flexibility index (Phi) is 8.16. The van der Waals surface area contributed by atoms with Gasteiger partial charge in [-0.3, -0.25) is 0 Å². The lowest BCUT2D eigenvalue weighted by molar-refractivity contribution is 0.403. The summed E-state index contributed by atoms with van der Waals surface area (Å²) in [4.78, 5) is 0. The van der Waals surface area contributed by atoms with E-state index in [1.165, 1.54) is 48.5 Å². The quantitative estimate of drug-likeness (QED) is 0.0840. The highest BCUT2D eigenvalue weighted by Crippen LogP contribution is 2.43. The van der Waals surface area contributed by atoms with E-state index in [2.05, 4.69) is 0 Å². The minimum atomic E-state index is -0.342. The topological polar surface area (TPSA) is 202 Å². The molecule has 6 aromatic carbocycles. The Morgan fingerprint density at radius 2 is 0.562 bits per heavy atom. The Hall–Kier alpha value is -6.42. The standard InChI is InChI=1S/C38H32O10/c39-29-5-1-19(13-33(29)43)9-23-17-25-26(27(37(23)47)11-21-3-7-31(41)35(45)15-21)18-24(10-20-2-6-30(40)34(44)14-20)38(48)28(25)12-22-4-8-32(42)36(46)16-22/h1-8,13-18,39-48H,9-12H2. The van der Waals surface area contributed by atoms with Gasteiger partial charge in [0.1, 0.15) is 11.5 Å². The Morgan fingerprint density at radius 3 is 0.833 bits per heavy atom. The maximum absolute atomic E-state index is 11.8. The molecule has 6 rings (SSSR count). The largest absolute Gasteiger partial charge is 0.507 e. The molecule has 0 amide bonds. The van der Waals surface area contributed by atoms with Crippen LogP contribution < -0.4 is 0 Å². The molecule has 0 fully saturated rings. The average molecular weight is 649 g/mol. The molecule has 0 aliphatic rings. The zero-order chi connectivity index (χ0) is 34.3. The summed E-state index contributed by atoms with van der Waals surface area (Å²) in [7, 11) is 0. The van der Waals surface area contributed by atoms with Crippen molar-refractivity contribution in [3.05, 3.63) is 129 Å². The van der Waals surface area contributed by atoms with Gasteiger partial charge in [-0.15, -0.1) is 0 Å². The first kappa shape index (κ1) is 31.6. The van der Waals surface area contributed by atoms with Gasteiger partial charge in [-0.05, 0) is 105 Å². The van der Waals surface area contributed by atoms with Crippen molar-refractivity contribution in [1.29, 1.82) is 0 Å². The first-order chi connectivity index (χ1) is 22.9. The highest BCUT2D eigenvalue weighted by Gasteiger charge is 2.22. The number of phenols is 10. The number of fused-ring (bicyclic) bond motifs is 1. The lowest BCUT2D eigenvalue weighted by Crippen LogP contribution is -2.02. The third-order valence-corrected chi connectivity index (χ3v) is 8.47. The first-order valence-corrected chi connectivity index (χ1v) is 14.9. The molecule has 0 aromatic heterocycles. The van der Waals surface area contributed by atoms with Crippen molar-refractivity contribution in [2.45, 2.75) is 25.7 Å². The van der Waals surface area contributed by atoms with Crippen molar-refractivity contribution < 1.29 is 51.1 Å². The summed E-state index contributed by atoms with van der Waals surface area (Å²) < 4.78 is 0. The van der Waals surface area contributed by atoms with Crippen molar-refractivity contribution in [1.82, 2.24) is 0 Å². The smallest absolute Gasteiger partial charge is 0.157 e. The van der Waals surface area contributed by atoms with Gasteiger partial charge in [-0.2, -0.15) is 0 Å². The van der Waals surface area contributed by atoms with E-state index >= 15 is 0 Å². The van der Waals surface area contributed by atoms with E-state index < -0.39 is 0 Å². The summed E-state index contributed by atoms with van der Waals surface area (Å²) >= 11 is 0. The monoisotopic (exact) mass is 648 g/mol. The minimum absolute atomic E-state index is 0.0882. The summed E-state index contributed by atoms with van der Waals surface area (Å²) in [5, 5.41) is 105. The summed E-state index contributed by atoms with van der Waals surface area (Å²) in [5.74, 6) is -2.73. The molecule has 0 atom stereocenters. The molecule has 6 aromatic rings. The lowest BCUT2D eigenvalue weighted by Gasteiger charge is -2.20. The van der Waals surface area contributed by atoms with Gasteiger partial charge in [0.15, 0.2) is 46.0 Å². The van der Waals surface area contributed by atoms with Gasteiger partial charge in [0.05, 0.1) is 0 Å². The van der Waals surface area contributed by atoms with Gasteiger partial charge in [0.25, 0.3) is 0 Å². The van der Waals surface area contributed by atoms with E-state index in [0.29, 0.717) is 55.3 Å². The fraction of sp³-hybridized carbons (Fsp3) is 0.105. The van der Waals surface area contributed by atoms with Crippen LogP contribution in [0.4, 0.5) is 0 Å². The molecule has 0 aliphatic heterocycles. The third kappa shape index (κ3) is 6.19. The van der Waals surface area contributed by atoms with E-state index in [1.54, 1.807) is 36.4 Å². The van der Waals surface area contributed by atoms with Crippen LogP contribution in [-0.2, 0) is 25.7 Å². The number of hydrogen-bond donors (Lipinski definition) is 10. The molecule has 0 bridgehead atoms. The summed E-state index contributed by atoms with van der Waals surface area (Å²) in [6.07, 6.45) is 0.430. The highest BCUT2D eigenvalue weighted by molar-refractivity contribution is 5.95. The number of phenolic OH excluding ortho intramolecular Hbond substituents is 10. The average Bonchev–Trinajstić information content (AvgIpc) is 3.04.